The molecule has 1 N–H and O–H groups in total. The van der Waals surface area contributed by atoms with Crippen LogP contribution in [0, 0.1) is 19.4 Å². The molecule has 5 nitrogen and oxygen atoms in total. The van der Waals surface area contributed by atoms with Crippen LogP contribution < -0.4 is 9.80 Å². The van der Waals surface area contributed by atoms with Gasteiger partial charge in [0.25, 0.3) is 0 Å². The first kappa shape index (κ1) is 27.7. The zero-order valence-electron chi connectivity index (χ0n) is 21.0. The number of aromatic hydroxyl groups is 1. The second kappa shape index (κ2) is 14.0. The van der Waals surface area contributed by atoms with Crippen molar-refractivity contribution in [3.8, 4) is 5.75 Å². The fourth-order valence-corrected chi connectivity index (χ4v) is 3.94. The molecule has 0 saturated heterocycles. The van der Waals surface area contributed by atoms with Crippen LogP contribution in [0.5, 0.6) is 5.75 Å². The van der Waals surface area contributed by atoms with E-state index in [1.54, 1.807) is 12.1 Å². The van der Waals surface area contributed by atoms with Gasteiger partial charge < -0.3 is 24.7 Å². The minimum atomic E-state index is 0. The van der Waals surface area contributed by atoms with Crippen molar-refractivity contribution in [3.63, 3.8) is 0 Å². The topological polar surface area (TPSA) is 33.2 Å². The van der Waals surface area contributed by atoms with E-state index in [2.05, 4.69) is 95.8 Å². The van der Waals surface area contributed by atoms with Crippen molar-refractivity contribution < 1.29 is 26.2 Å². The van der Waals surface area contributed by atoms with Crippen molar-refractivity contribution in [1.29, 1.82) is 0 Å². The maximum atomic E-state index is 9.13. The Morgan fingerprint density at radius 3 is 1.81 bits per heavy atom. The van der Waals surface area contributed by atoms with Crippen molar-refractivity contribution in [2.24, 2.45) is 0 Å². The second-order valence-electron chi connectivity index (χ2n) is 8.78. The Hall–Kier alpha value is -2.91. The van der Waals surface area contributed by atoms with Gasteiger partial charge in [0.05, 0.1) is 0 Å². The van der Waals surface area contributed by atoms with Gasteiger partial charge >= 0.3 is 0 Å². The van der Waals surface area contributed by atoms with Gasteiger partial charge in [-0.05, 0) is 73.6 Å². The summed E-state index contributed by atoms with van der Waals surface area (Å²) >= 11 is 0. The number of hydrogen-bond acceptors (Lipinski definition) is 5. The minimum absolute atomic E-state index is 0. The van der Waals surface area contributed by atoms with Crippen LogP contribution in [0.15, 0.2) is 85.5 Å². The molecule has 6 heteroatoms. The van der Waals surface area contributed by atoms with E-state index in [-0.39, 0.29) is 21.1 Å². The molecule has 2 aliphatic heterocycles. The molecule has 0 saturated carbocycles. The van der Waals surface area contributed by atoms with Crippen LogP contribution in [0.3, 0.4) is 0 Å². The van der Waals surface area contributed by atoms with Crippen molar-refractivity contribution in [2.75, 3.05) is 22.9 Å². The molecule has 0 amide bonds. The fraction of sp³-hybridized carbons (Fsp3) is 0.267. The van der Waals surface area contributed by atoms with E-state index < -0.39 is 0 Å². The smallest absolute Gasteiger partial charge is 0.116 e. The molecule has 0 unspecified atom stereocenters. The average Bonchev–Trinajstić information content (AvgIpc) is 3.57. The molecule has 36 heavy (non-hydrogen) atoms. The molecule has 0 atom stereocenters. The van der Waals surface area contributed by atoms with E-state index in [4.69, 9.17) is 5.11 Å². The molecule has 0 bridgehead atoms. The summed E-state index contributed by atoms with van der Waals surface area (Å²) < 4.78 is 0. The fourth-order valence-electron chi connectivity index (χ4n) is 3.94. The Labute approximate surface area is 230 Å². The number of unbranched alkanes of at least 4 members (excludes halogenated alkanes) is 2. The zero-order valence-corrected chi connectivity index (χ0v) is 23.3. The third-order valence-electron chi connectivity index (χ3n) is 5.98. The molecule has 3 aromatic carbocycles. The van der Waals surface area contributed by atoms with E-state index in [0.717, 1.165) is 35.2 Å². The third-order valence-corrected chi connectivity index (χ3v) is 5.98. The van der Waals surface area contributed by atoms with Gasteiger partial charge in [0.2, 0.25) is 0 Å². The largest absolute Gasteiger partial charge is 0.508 e. The van der Waals surface area contributed by atoms with E-state index in [9.17, 15) is 0 Å². The molecule has 5 rings (SSSR count). The van der Waals surface area contributed by atoms with Crippen LogP contribution in [0.2, 0.25) is 0 Å². The quantitative estimate of drug-likeness (QED) is 0.262. The molecule has 2 aliphatic rings. The summed E-state index contributed by atoms with van der Waals surface area (Å²) in [5, 5.41) is 11.4. The van der Waals surface area contributed by atoms with Crippen LogP contribution in [-0.2, 0) is 21.1 Å². The Bertz CT molecular complexity index is 1100. The van der Waals surface area contributed by atoms with Gasteiger partial charge in [0.1, 0.15) is 5.75 Å². The predicted octanol–water partition coefficient (Wildman–Crippen LogP) is 7.05. The van der Waals surface area contributed by atoms with Gasteiger partial charge in [-0.3, -0.25) is 0 Å². The van der Waals surface area contributed by atoms with Gasteiger partial charge in [-0.15, -0.1) is 29.6 Å². The number of anilines is 2. The molecule has 3 aromatic rings. The monoisotopic (exact) mass is 662 g/mol. The summed E-state index contributed by atoms with van der Waals surface area (Å²) in [5.41, 5.74) is 2.13. The molecular formula is C30H35N4OPt-3. The number of fused-ring (bicyclic) bond motifs is 1. The predicted molar refractivity (Wildman–Crippen MR) is 146 cm³/mol. The second-order valence-corrected chi connectivity index (χ2v) is 8.78. The molecule has 0 aromatic heterocycles. The summed E-state index contributed by atoms with van der Waals surface area (Å²) in [4.78, 5) is 8.73. The van der Waals surface area contributed by atoms with Gasteiger partial charge in [0, 0.05) is 21.1 Å². The summed E-state index contributed by atoms with van der Waals surface area (Å²) in [6, 6.07) is 23.1. The van der Waals surface area contributed by atoms with Crippen LogP contribution in [-0.4, -0.2) is 28.0 Å². The number of rotatable bonds is 8. The van der Waals surface area contributed by atoms with Gasteiger partial charge in [-0.1, -0.05) is 57.0 Å². The molecule has 0 spiro atoms. The Kier molecular flexibility index (Phi) is 10.8. The Morgan fingerprint density at radius 1 is 0.694 bits per heavy atom. The van der Waals surface area contributed by atoms with Crippen molar-refractivity contribution >= 4 is 22.1 Å². The van der Waals surface area contributed by atoms with Gasteiger partial charge in [-0.2, -0.15) is 19.4 Å². The molecule has 2 heterocycles. The van der Waals surface area contributed by atoms with Crippen molar-refractivity contribution in [2.45, 2.75) is 39.5 Å². The first-order chi connectivity index (χ1) is 17.2. The first-order valence-corrected chi connectivity index (χ1v) is 12.5. The van der Waals surface area contributed by atoms with Gasteiger partial charge in [0.15, 0.2) is 0 Å². The summed E-state index contributed by atoms with van der Waals surface area (Å²) in [6.45, 7) is 10.9. The average molecular weight is 663 g/mol. The maximum Gasteiger partial charge on any atom is 0.116 e. The molecule has 194 valence electrons. The van der Waals surface area contributed by atoms with Crippen molar-refractivity contribution in [1.82, 2.24) is 9.80 Å². The summed E-state index contributed by atoms with van der Waals surface area (Å²) in [6.07, 6.45) is 13.3. The van der Waals surface area contributed by atoms with Crippen LogP contribution in [0.1, 0.15) is 39.5 Å². The van der Waals surface area contributed by atoms with E-state index in [1.807, 2.05) is 30.3 Å². The van der Waals surface area contributed by atoms with Crippen molar-refractivity contribution in [3.05, 3.63) is 105 Å². The summed E-state index contributed by atoms with van der Waals surface area (Å²) in [7, 11) is 0. The van der Waals surface area contributed by atoms with Crippen LogP contribution in [0.4, 0.5) is 11.4 Å². The number of hydrogen-bond donors (Lipinski definition) is 1. The van der Waals surface area contributed by atoms with Gasteiger partial charge in [-0.25, -0.2) is 0 Å². The van der Waals surface area contributed by atoms with Crippen LogP contribution in [0.25, 0.3) is 10.8 Å². The summed E-state index contributed by atoms with van der Waals surface area (Å²) in [5.74, 6) is 0.323. The molecule has 0 radical (unpaired) electrons. The molecule has 0 aliphatic carbocycles. The number of phenols is 1. The SMILES string of the molecule is CCCCN1C=CN(c2[c-]c(N3C=CN(CCCC)[CH-]3)ccc2)[CH-]1.Oc1ccc2ccccc2c1.[Pt]. The standard InChI is InChI=1S/C20H27N4.C10H8O.Pt/c1-3-5-10-21-12-14-23(17-21)19-8-7-9-20(16-19)24-15-13-22(18-24)11-6-4-2;11-10-6-5-8-3-1-2-4-9(8)7-10;/h7-9,12-15,17-18H,3-6,10-11H2,1-2H3;1-7,11H;/q-3;;. The maximum absolute atomic E-state index is 9.13. The first-order valence-electron chi connectivity index (χ1n) is 12.5. The van der Waals surface area contributed by atoms with E-state index >= 15 is 0 Å². The zero-order chi connectivity index (χ0) is 24.5. The van der Waals surface area contributed by atoms with E-state index in [1.165, 1.54) is 25.7 Å². The third kappa shape index (κ3) is 7.54. The Morgan fingerprint density at radius 2 is 1.25 bits per heavy atom. The normalized spacial score (nSPS) is 14.3. The number of phenolic OH excluding ortho intramolecular Hbond substituents is 1. The minimum Gasteiger partial charge on any atom is -0.508 e. The van der Waals surface area contributed by atoms with Crippen LogP contribution >= 0.6 is 0 Å². The molecular weight excluding hydrogens is 627 g/mol. The number of nitrogens with zero attached hydrogens (tertiary/aromatic N) is 4. The van der Waals surface area contributed by atoms with E-state index in [0.29, 0.717) is 5.75 Å². The number of benzene rings is 3. The molecule has 0 fully saturated rings. The Balaban J connectivity index is 0.000000251.